The third-order valence-electron chi connectivity index (χ3n) is 2.88. The molecular formula is C12H19ClN2. The molecule has 2 N–H and O–H groups in total. The maximum atomic E-state index is 6.13. The summed E-state index contributed by atoms with van der Waals surface area (Å²) in [5.41, 5.74) is 7.38. The monoisotopic (exact) mass is 226 g/mol. The second-order valence-corrected chi connectivity index (χ2v) is 4.02. The van der Waals surface area contributed by atoms with Crippen LogP contribution in [0.3, 0.4) is 0 Å². The van der Waals surface area contributed by atoms with Crippen LogP contribution in [0.15, 0.2) is 30.3 Å². The van der Waals surface area contributed by atoms with Gasteiger partial charge in [-0.05, 0) is 31.5 Å². The molecule has 0 radical (unpaired) electrons. The van der Waals surface area contributed by atoms with Gasteiger partial charge in [0.25, 0.3) is 0 Å². The summed E-state index contributed by atoms with van der Waals surface area (Å²) in [5.74, 6) is 0. The van der Waals surface area contributed by atoms with Crippen molar-refractivity contribution in [3.8, 4) is 0 Å². The highest BCUT2D eigenvalue weighted by Crippen LogP contribution is 2.14. The predicted molar refractivity (Wildman–Crippen MR) is 66.3 cm³/mol. The van der Waals surface area contributed by atoms with Crippen LogP contribution in [0.1, 0.15) is 24.4 Å². The molecule has 0 unspecified atom stereocenters. The van der Waals surface area contributed by atoms with Crippen molar-refractivity contribution in [1.29, 1.82) is 0 Å². The lowest BCUT2D eigenvalue weighted by Gasteiger charge is -2.20. The number of likely N-dealkylation sites (tertiary alicyclic amines) is 1. The van der Waals surface area contributed by atoms with Gasteiger partial charge in [-0.1, -0.05) is 30.3 Å². The number of rotatable bonds is 3. The van der Waals surface area contributed by atoms with E-state index >= 15 is 0 Å². The molecule has 3 heteroatoms. The van der Waals surface area contributed by atoms with Gasteiger partial charge in [0, 0.05) is 12.6 Å². The molecule has 0 bridgehead atoms. The van der Waals surface area contributed by atoms with Gasteiger partial charge < -0.3 is 10.6 Å². The molecule has 2 rings (SSSR count). The van der Waals surface area contributed by atoms with Gasteiger partial charge in [0.2, 0.25) is 0 Å². The van der Waals surface area contributed by atoms with E-state index in [4.69, 9.17) is 5.73 Å². The smallest absolute Gasteiger partial charge is 0.0424 e. The van der Waals surface area contributed by atoms with Gasteiger partial charge in [-0.2, -0.15) is 0 Å². The molecule has 1 aromatic rings. The van der Waals surface area contributed by atoms with Crippen molar-refractivity contribution in [2.75, 3.05) is 19.6 Å². The Balaban J connectivity index is 0.00000112. The third-order valence-corrected chi connectivity index (χ3v) is 2.88. The molecule has 1 aliphatic heterocycles. The van der Waals surface area contributed by atoms with Crippen LogP contribution in [0, 0.1) is 0 Å². The quantitative estimate of drug-likeness (QED) is 0.857. The van der Waals surface area contributed by atoms with E-state index in [0.717, 1.165) is 6.54 Å². The van der Waals surface area contributed by atoms with Crippen molar-refractivity contribution >= 4 is 12.4 Å². The molecule has 84 valence electrons. The minimum Gasteiger partial charge on any atom is -0.323 e. The van der Waals surface area contributed by atoms with Gasteiger partial charge in [-0.3, -0.25) is 0 Å². The number of halogens is 1. The van der Waals surface area contributed by atoms with Crippen LogP contribution in [0.4, 0.5) is 0 Å². The lowest BCUT2D eigenvalue weighted by molar-refractivity contribution is 0.316. The molecule has 1 saturated heterocycles. The zero-order valence-corrected chi connectivity index (χ0v) is 9.75. The Morgan fingerprint density at radius 2 is 1.73 bits per heavy atom. The molecule has 1 fully saturated rings. The van der Waals surface area contributed by atoms with Crippen molar-refractivity contribution in [2.24, 2.45) is 5.73 Å². The molecule has 0 amide bonds. The average molecular weight is 227 g/mol. The Morgan fingerprint density at radius 1 is 1.13 bits per heavy atom. The fourth-order valence-electron chi connectivity index (χ4n) is 2.05. The molecule has 0 aliphatic carbocycles. The lowest BCUT2D eigenvalue weighted by atomic mass is 10.1. The summed E-state index contributed by atoms with van der Waals surface area (Å²) >= 11 is 0. The van der Waals surface area contributed by atoms with Gasteiger partial charge in [0.15, 0.2) is 0 Å². The maximum Gasteiger partial charge on any atom is 0.0424 e. The summed E-state index contributed by atoms with van der Waals surface area (Å²) in [4.78, 5) is 2.46. The van der Waals surface area contributed by atoms with Crippen molar-refractivity contribution in [3.63, 3.8) is 0 Å². The average Bonchev–Trinajstić information content (AvgIpc) is 2.72. The van der Waals surface area contributed by atoms with Crippen molar-refractivity contribution < 1.29 is 0 Å². The molecule has 15 heavy (non-hydrogen) atoms. The van der Waals surface area contributed by atoms with Crippen molar-refractivity contribution in [1.82, 2.24) is 4.90 Å². The fraction of sp³-hybridized carbons (Fsp3) is 0.500. The van der Waals surface area contributed by atoms with Gasteiger partial charge >= 0.3 is 0 Å². The zero-order valence-electron chi connectivity index (χ0n) is 8.93. The maximum absolute atomic E-state index is 6.13. The van der Waals surface area contributed by atoms with Crippen molar-refractivity contribution in [3.05, 3.63) is 35.9 Å². The molecule has 1 aromatic carbocycles. The van der Waals surface area contributed by atoms with Gasteiger partial charge in [0.1, 0.15) is 0 Å². The second-order valence-electron chi connectivity index (χ2n) is 4.02. The van der Waals surface area contributed by atoms with Crippen LogP contribution < -0.4 is 5.73 Å². The van der Waals surface area contributed by atoms with E-state index in [-0.39, 0.29) is 18.4 Å². The first-order valence-corrected chi connectivity index (χ1v) is 5.39. The van der Waals surface area contributed by atoms with Gasteiger partial charge in [0.05, 0.1) is 0 Å². The van der Waals surface area contributed by atoms with E-state index in [1.807, 2.05) is 6.07 Å². The number of benzene rings is 1. The lowest BCUT2D eigenvalue weighted by Crippen LogP contribution is -2.29. The minimum atomic E-state index is 0. The summed E-state index contributed by atoms with van der Waals surface area (Å²) in [7, 11) is 0. The van der Waals surface area contributed by atoms with Crippen LogP contribution in [0.2, 0.25) is 0 Å². The summed E-state index contributed by atoms with van der Waals surface area (Å²) in [6.45, 7) is 3.45. The molecule has 1 atom stereocenters. The Kier molecular flexibility index (Phi) is 5.09. The molecule has 0 aromatic heterocycles. The van der Waals surface area contributed by atoms with Gasteiger partial charge in [-0.25, -0.2) is 0 Å². The number of hydrogen-bond acceptors (Lipinski definition) is 2. The summed E-state index contributed by atoms with van der Waals surface area (Å²) < 4.78 is 0. The Bertz CT molecular complexity index is 270. The number of hydrogen-bond donors (Lipinski definition) is 1. The van der Waals surface area contributed by atoms with Crippen LogP contribution >= 0.6 is 12.4 Å². The molecule has 0 saturated carbocycles. The van der Waals surface area contributed by atoms with Crippen molar-refractivity contribution in [2.45, 2.75) is 18.9 Å². The largest absolute Gasteiger partial charge is 0.323 e. The molecule has 1 aliphatic rings. The summed E-state index contributed by atoms with van der Waals surface area (Å²) in [5, 5.41) is 0. The van der Waals surface area contributed by atoms with E-state index in [9.17, 15) is 0 Å². The SMILES string of the molecule is Cl.N[C@@H](CN1CCCC1)c1ccccc1. The zero-order chi connectivity index (χ0) is 9.80. The summed E-state index contributed by atoms with van der Waals surface area (Å²) in [6, 6.07) is 10.5. The standard InChI is InChI=1S/C12H18N2.ClH/c13-12(10-14-8-4-5-9-14)11-6-2-1-3-7-11;/h1-3,6-7,12H,4-5,8-10,13H2;1H/t12-;/m0./s1. The second kappa shape index (κ2) is 6.11. The van der Waals surface area contributed by atoms with E-state index in [1.54, 1.807) is 0 Å². The topological polar surface area (TPSA) is 29.3 Å². The molecule has 1 heterocycles. The first-order chi connectivity index (χ1) is 6.86. The molecule has 0 spiro atoms. The number of nitrogens with two attached hydrogens (primary N) is 1. The highest BCUT2D eigenvalue weighted by atomic mass is 35.5. The first-order valence-electron chi connectivity index (χ1n) is 5.39. The van der Waals surface area contributed by atoms with Crippen LogP contribution in [0.25, 0.3) is 0 Å². The fourth-order valence-corrected chi connectivity index (χ4v) is 2.05. The van der Waals surface area contributed by atoms with Gasteiger partial charge in [-0.15, -0.1) is 12.4 Å². The highest BCUT2D eigenvalue weighted by molar-refractivity contribution is 5.85. The van der Waals surface area contributed by atoms with Crippen LogP contribution in [-0.4, -0.2) is 24.5 Å². The Hall–Kier alpha value is -0.570. The molecule has 2 nitrogen and oxygen atoms in total. The first kappa shape index (κ1) is 12.5. The third kappa shape index (κ3) is 3.49. The summed E-state index contributed by atoms with van der Waals surface area (Å²) in [6.07, 6.45) is 2.67. The normalized spacial score (nSPS) is 18.5. The highest BCUT2D eigenvalue weighted by Gasteiger charge is 2.15. The Morgan fingerprint density at radius 3 is 2.33 bits per heavy atom. The van der Waals surface area contributed by atoms with Crippen LogP contribution in [-0.2, 0) is 0 Å². The van der Waals surface area contributed by atoms with E-state index < -0.39 is 0 Å². The van der Waals surface area contributed by atoms with Crippen LogP contribution in [0.5, 0.6) is 0 Å². The number of nitrogens with zero attached hydrogens (tertiary/aromatic N) is 1. The Labute approximate surface area is 97.9 Å². The molecular weight excluding hydrogens is 208 g/mol. The predicted octanol–water partition coefficient (Wildman–Crippen LogP) is 2.20. The van der Waals surface area contributed by atoms with E-state index in [0.29, 0.717) is 0 Å². The van der Waals surface area contributed by atoms with E-state index in [2.05, 4.69) is 29.2 Å². The van der Waals surface area contributed by atoms with E-state index in [1.165, 1.54) is 31.5 Å². The minimum absolute atomic E-state index is 0.